The van der Waals surface area contributed by atoms with Crippen LogP contribution in [0.15, 0.2) is 47.8 Å². The molecule has 3 aromatic heterocycles. The quantitative estimate of drug-likeness (QED) is 0.729. The van der Waals surface area contributed by atoms with Crippen molar-refractivity contribution in [3.63, 3.8) is 0 Å². The van der Waals surface area contributed by atoms with Crippen LogP contribution in [-0.4, -0.2) is 19.5 Å². The van der Waals surface area contributed by atoms with Crippen molar-refractivity contribution < 1.29 is 0 Å². The lowest BCUT2D eigenvalue weighted by molar-refractivity contribution is 0.690. The maximum absolute atomic E-state index is 11.9. The number of rotatable bonds is 3. The van der Waals surface area contributed by atoms with Gasteiger partial charge in [0.25, 0.3) is 0 Å². The van der Waals surface area contributed by atoms with Gasteiger partial charge in [-0.1, -0.05) is 6.92 Å². The van der Waals surface area contributed by atoms with Crippen LogP contribution in [-0.2, 0) is 6.54 Å². The van der Waals surface area contributed by atoms with Crippen molar-refractivity contribution in [2.45, 2.75) is 19.9 Å². The number of aryl methyl sites for hydroxylation is 1. The molecule has 0 atom stereocenters. The van der Waals surface area contributed by atoms with Crippen LogP contribution in [0.2, 0.25) is 0 Å². The van der Waals surface area contributed by atoms with E-state index in [4.69, 9.17) is 0 Å². The zero-order chi connectivity index (χ0) is 13.9. The summed E-state index contributed by atoms with van der Waals surface area (Å²) >= 11 is 0. The summed E-state index contributed by atoms with van der Waals surface area (Å²) in [5, 5.41) is 0.554. The third-order valence-electron chi connectivity index (χ3n) is 3.12. The Morgan fingerprint density at radius 3 is 2.75 bits per heavy atom. The van der Waals surface area contributed by atoms with Gasteiger partial charge in [-0.3, -0.25) is 9.78 Å². The van der Waals surface area contributed by atoms with E-state index in [9.17, 15) is 4.79 Å². The van der Waals surface area contributed by atoms with E-state index < -0.39 is 0 Å². The van der Waals surface area contributed by atoms with Crippen molar-refractivity contribution in [3.8, 4) is 11.4 Å². The smallest absolute Gasteiger partial charge is 0.192 e. The molecule has 0 radical (unpaired) electrons. The number of fused-ring (bicyclic) bond motifs is 1. The Morgan fingerprint density at radius 2 is 2.00 bits per heavy atom. The van der Waals surface area contributed by atoms with Crippen molar-refractivity contribution in [1.29, 1.82) is 0 Å². The summed E-state index contributed by atoms with van der Waals surface area (Å²) in [6.45, 7) is 2.92. The molecule has 0 aromatic carbocycles. The highest BCUT2D eigenvalue weighted by Crippen LogP contribution is 2.16. The van der Waals surface area contributed by atoms with E-state index in [1.807, 2.05) is 16.7 Å². The fourth-order valence-corrected chi connectivity index (χ4v) is 2.15. The van der Waals surface area contributed by atoms with Crippen LogP contribution in [0.5, 0.6) is 0 Å². The zero-order valence-electron chi connectivity index (χ0n) is 11.2. The molecular formula is C15H14N4O. The molecule has 0 bridgehead atoms. The second-order valence-corrected chi connectivity index (χ2v) is 4.54. The van der Waals surface area contributed by atoms with Crippen LogP contribution < -0.4 is 5.43 Å². The minimum Gasteiger partial charge on any atom is -0.332 e. The van der Waals surface area contributed by atoms with Crippen molar-refractivity contribution in [1.82, 2.24) is 19.5 Å². The zero-order valence-corrected chi connectivity index (χ0v) is 11.2. The van der Waals surface area contributed by atoms with E-state index in [1.54, 1.807) is 30.9 Å². The predicted octanol–water partition coefficient (Wildman–Crippen LogP) is 2.26. The van der Waals surface area contributed by atoms with Gasteiger partial charge in [0.1, 0.15) is 5.65 Å². The van der Waals surface area contributed by atoms with Gasteiger partial charge in [-0.05, 0) is 18.6 Å². The second-order valence-electron chi connectivity index (χ2n) is 4.54. The largest absolute Gasteiger partial charge is 0.332 e. The normalized spacial score (nSPS) is 10.8. The molecule has 0 aliphatic carbocycles. The summed E-state index contributed by atoms with van der Waals surface area (Å²) in [5.74, 6) is 0.607. The lowest BCUT2D eigenvalue weighted by atomic mass is 10.2. The fourth-order valence-electron chi connectivity index (χ4n) is 2.15. The SMILES string of the molecule is CCCn1ccc(=O)c2cnc(-c3ccncc3)nc21. The van der Waals surface area contributed by atoms with Crippen molar-refractivity contribution in [3.05, 3.63) is 53.2 Å². The Balaban J connectivity index is 2.24. The highest BCUT2D eigenvalue weighted by atomic mass is 16.1. The van der Waals surface area contributed by atoms with Gasteiger partial charge in [0.2, 0.25) is 0 Å². The Labute approximate surface area is 116 Å². The van der Waals surface area contributed by atoms with Gasteiger partial charge >= 0.3 is 0 Å². The van der Waals surface area contributed by atoms with Gasteiger partial charge < -0.3 is 4.57 Å². The maximum atomic E-state index is 11.9. The number of hydrogen-bond donors (Lipinski definition) is 0. The number of hydrogen-bond acceptors (Lipinski definition) is 4. The number of nitrogens with zero attached hydrogens (tertiary/aromatic N) is 4. The Kier molecular flexibility index (Phi) is 3.25. The van der Waals surface area contributed by atoms with E-state index in [1.165, 1.54) is 0 Å². The number of pyridine rings is 2. The minimum absolute atomic E-state index is 0.0476. The van der Waals surface area contributed by atoms with E-state index in [2.05, 4.69) is 21.9 Å². The van der Waals surface area contributed by atoms with Crippen molar-refractivity contribution in [2.75, 3.05) is 0 Å². The van der Waals surface area contributed by atoms with Gasteiger partial charge in [-0.2, -0.15) is 0 Å². The fraction of sp³-hybridized carbons (Fsp3) is 0.200. The van der Waals surface area contributed by atoms with E-state index in [0.717, 1.165) is 18.5 Å². The summed E-state index contributed by atoms with van der Waals surface area (Å²) in [6, 6.07) is 5.27. The van der Waals surface area contributed by atoms with Crippen LogP contribution in [0.3, 0.4) is 0 Å². The topological polar surface area (TPSA) is 60.7 Å². The van der Waals surface area contributed by atoms with Gasteiger partial charge in [0, 0.05) is 43.0 Å². The Bertz CT molecular complexity index is 796. The summed E-state index contributed by atoms with van der Waals surface area (Å²) in [7, 11) is 0. The first kappa shape index (κ1) is 12.5. The second kappa shape index (κ2) is 5.21. The average molecular weight is 266 g/mol. The molecule has 3 heterocycles. The molecule has 0 spiro atoms. The first-order valence-corrected chi connectivity index (χ1v) is 6.56. The van der Waals surface area contributed by atoms with Gasteiger partial charge in [0.15, 0.2) is 11.3 Å². The van der Waals surface area contributed by atoms with E-state index in [-0.39, 0.29) is 5.43 Å². The van der Waals surface area contributed by atoms with Crippen molar-refractivity contribution in [2.24, 2.45) is 0 Å². The average Bonchev–Trinajstić information content (AvgIpc) is 2.51. The predicted molar refractivity (Wildman–Crippen MR) is 77.3 cm³/mol. The molecule has 0 N–H and O–H groups in total. The highest BCUT2D eigenvalue weighted by molar-refractivity contribution is 5.76. The van der Waals surface area contributed by atoms with Crippen molar-refractivity contribution >= 4 is 11.0 Å². The summed E-state index contributed by atoms with van der Waals surface area (Å²) in [4.78, 5) is 24.7. The molecule has 0 unspecified atom stereocenters. The summed E-state index contributed by atoms with van der Waals surface area (Å²) < 4.78 is 1.99. The first-order chi connectivity index (χ1) is 9.79. The molecule has 5 nitrogen and oxygen atoms in total. The molecule has 3 rings (SSSR count). The highest BCUT2D eigenvalue weighted by Gasteiger charge is 2.08. The van der Waals surface area contributed by atoms with Gasteiger partial charge in [-0.25, -0.2) is 9.97 Å². The first-order valence-electron chi connectivity index (χ1n) is 6.56. The molecule has 0 saturated carbocycles. The van der Waals surface area contributed by atoms with Crippen LogP contribution in [0.1, 0.15) is 13.3 Å². The maximum Gasteiger partial charge on any atom is 0.192 e. The monoisotopic (exact) mass is 266 g/mol. The Morgan fingerprint density at radius 1 is 1.20 bits per heavy atom. The van der Waals surface area contributed by atoms with Crippen LogP contribution in [0.25, 0.3) is 22.4 Å². The number of aromatic nitrogens is 4. The molecule has 0 saturated heterocycles. The molecular weight excluding hydrogens is 252 g/mol. The van der Waals surface area contributed by atoms with Crippen LogP contribution in [0, 0.1) is 0 Å². The third kappa shape index (κ3) is 2.18. The lowest BCUT2D eigenvalue weighted by Gasteiger charge is -2.09. The van der Waals surface area contributed by atoms with E-state index in [0.29, 0.717) is 16.9 Å². The molecule has 100 valence electrons. The van der Waals surface area contributed by atoms with Gasteiger partial charge in [0.05, 0.1) is 5.39 Å². The standard InChI is InChI=1S/C15H14N4O/c1-2-8-19-9-5-13(20)12-10-17-14(18-15(12)19)11-3-6-16-7-4-11/h3-7,9-10H,2,8H2,1H3. The molecule has 0 aliphatic rings. The molecule has 20 heavy (non-hydrogen) atoms. The lowest BCUT2D eigenvalue weighted by Crippen LogP contribution is -2.10. The van der Waals surface area contributed by atoms with Crippen LogP contribution in [0.4, 0.5) is 0 Å². The molecule has 0 fully saturated rings. The Hall–Kier alpha value is -2.56. The molecule has 5 heteroatoms. The molecule has 3 aromatic rings. The molecule has 0 aliphatic heterocycles. The summed E-state index contributed by atoms with van der Waals surface area (Å²) in [6.07, 6.45) is 7.77. The summed E-state index contributed by atoms with van der Waals surface area (Å²) in [5.41, 5.74) is 1.52. The minimum atomic E-state index is -0.0476. The van der Waals surface area contributed by atoms with Gasteiger partial charge in [-0.15, -0.1) is 0 Å². The van der Waals surface area contributed by atoms with E-state index >= 15 is 0 Å². The van der Waals surface area contributed by atoms with Crippen LogP contribution >= 0.6 is 0 Å². The third-order valence-corrected chi connectivity index (χ3v) is 3.12. The molecule has 0 amide bonds.